The van der Waals surface area contributed by atoms with Crippen LogP contribution in [-0.2, 0) is 16.0 Å². The van der Waals surface area contributed by atoms with Crippen LogP contribution < -0.4 is 5.32 Å². The Morgan fingerprint density at radius 2 is 1.84 bits per heavy atom. The van der Waals surface area contributed by atoms with Gasteiger partial charge in [0.15, 0.2) is 0 Å². The van der Waals surface area contributed by atoms with E-state index in [2.05, 4.69) is 10.3 Å². The number of aliphatic carboxylic acids is 1. The standard InChI is InChI=1S/C19H17FN2O3/c20-14-7-5-12(6-8-14)17(10-19(24)25)22-18(23)9-13-11-21-16-4-2-1-3-15(13)16/h1-8,11,17,21H,9-10H2,(H,22,23)(H,24,25)/t17-/m0/s1. The second kappa shape index (κ2) is 7.17. The number of hydrogen-bond acceptors (Lipinski definition) is 2. The highest BCUT2D eigenvalue weighted by molar-refractivity contribution is 5.89. The summed E-state index contributed by atoms with van der Waals surface area (Å²) in [4.78, 5) is 26.6. The molecular weight excluding hydrogens is 323 g/mol. The van der Waals surface area contributed by atoms with Gasteiger partial charge < -0.3 is 15.4 Å². The summed E-state index contributed by atoms with van der Waals surface area (Å²) >= 11 is 0. The molecule has 0 bridgehead atoms. The Balaban J connectivity index is 1.75. The van der Waals surface area contributed by atoms with E-state index in [-0.39, 0.29) is 18.7 Å². The summed E-state index contributed by atoms with van der Waals surface area (Å²) < 4.78 is 13.1. The van der Waals surface area contributed by atoms with E-state index < -0.39 is 17.8 Å². The predicted octanol–water partition coefficient (Wildman–Crippen LogP) is 3.18. The van der Waals surface area contributed by atoms with Crippen LogP contribution in [0.5, 0.6) is 0 Å². The number of hydrogen-bond donors (Lipinski definition) is 3. The molecule has 0 saturated carbocycles. The van der Waals surface area contributed by atoms with Gasteiger partial charge in [-0.05, 0) is 29.3 Å². The summed E-state index contributed by atoms with van der Waals surface area (Å²) in [6.45, 7) is 0. The number of rotatable bonds is 6. The fourth-order valence-corrected chi connectivity index (χ4v) is 2.82. The summed E-state index contributed by atoms with van der Waals surface area (Å²) in [6.07, 6.45) is 1.63. The van der Waals surface area contributed by atoms with Gasteiger partial charge in [0, 0.05) is 17.1 Å². The summed E-state index contributed by atoms with van der Waals surface area (Å²) in [5.74, 6) is -1.75. The zero-order valence-corrected chi connectivity index (χ0v) is 13.3. The molecule has 3 rings (SSSR count). The van der Waals surface area contributed by atoms with E-state index in [0.717, 1.165) is 16.5 Å². The number of halogens is 1. The average Bonchev–Trinajstić information content (AvgIpc) is 2.98. The molecule has 5 nitrogen and oxygen atoms in total. The molecule has 0 fully saturated rings. The fraction of sp³-hybridized carbons (Fsp3) is 0.158. The average molecular weight is 340 g/mol. The van der Waals surface area contributed by atoms with E-state index >= 15 is 0 Å². The molecule has 2 aromatic carbocycles. The highest BCUT2D eigenvalue weighted by atomic mass is 19.1. The fourth-order valence-electron chi connectivity index (χ4n) is 2.82. The van der Waals surface area contributed by atoms with Crippen LogP contribution in [0.4, 0.5) is 4.39 Å². The lowest BCUT2D eigenvalue weighted by molar-refractivity contribution is -0.137. The van der Waals surface area contributed by atoms with Gasteiger partial charge in [-0.1, -0.05) is 30.3 Å². The second-order valence-corrected chi connectivity index (χ2v) is 5.81. The van der Waals surface area contributed by atoms with E-state index in [9.17, 15) is 14.0 Å². The van der Waals surface area contributed by atoms with Crippen LogP contribution in [0.15, 0.2) is 54.7 Å². The van der Waals surface area contributed by atoms with Gasteiger partial charge in [0.2, 0.25) is 5.91 Å². The highest BCUT2D eigenvalue weighted by Gasteiger charge is 2.19. The third-order valence-corrected chi connectivity index (χ3v) is 4.01. The quantitative estimate of drug-likeness (QED) is 0.644. The number of para-hydroxylation sites is 1. The molecular formula is C19H17FN2O3. The predicted molar refractivity (Wildman–Crippen MR) is 91.5 cm³/mol. The van der Waals surface area contributed by atoms with E-state index in [1.54, 1.807) is 6.20 Å². The van der Waals surface area contributed by atoms with Crippen LogP contribution in [0.3, 0.4) is 0 Å². The Morgan fingerprint density at radius 3 is 2.56 bits per heavy atom. The lowest BCUT2D eigenvalue weighted by Crippen LogP contribution is -2.31. The smallest absolute Gasteiger partial charge is 0.305 e. The number of H-pyrrole nitrogens is 1. The second-order valence-electron chi connectivity index (χ2n) is 5.81. The van der Waals surface area contributed by atoms with Gasteiger partial charge in [0.25, 0.3) is 0 Å². The van der Waals surface area contributed by atoms with Crippen LogP contribution in [0.1, 0.15) is 23.6 Å². The van der Waals surface area contributed by atoms with E-state index in [0.29, 0.717) is 5.56 Å². The molecule has 0 saturated heterocycles. The summed E-state index contributed by atoms with van der Waals surface area (Å²) in [6, 6.07) is 12.4. The molecule has 0 spiro atoms. The molecule has 1 atom stereocenters. The largest absolute Gasteiger partial charge is 0.481 e. The zero-order valence-electron chi connectivity index (χ0n) is 13.3. The number of carbonyl (C=O) groups is 2. The van der Waals surface area contributed by atoms with Gasteiger partial charge in [-0.3, -0.25) is 9.59 Å². The number of nitrogens with one attached hydrogen (secondary N) is 2. The topological polar surface area (TPSA) is 82.2 Å². The minimum absolute atomic E-state index is 0.126. The molecule has 0 aliphatic carbocycles. The lowest BCUT2D eigenvalue weighted by atomic mass is 10.0. The van der Waals surface area contributed by atoms with E-state index in [1.165, 1.54) is 24.3 Å². The van der Waals surface area contributed by atoms with Gasteiger partial charge in [0.1, 0.15) is 5.82 Å². The van der Waals surface area contributed by atoms with Crippen LogP contribution in [0, 0.1) is 5.82 Å². The monoisotopic (exact) mass is 340 g/mol. The Bertz CT molecular complexity index is 902. The Hall–Kier alpha value is -3.15. The number of carboxylic acid groups (broad SMARTS) is 1. The number of fused-ring (bicyclic) bond motifs is 1. The third kappa shape index (κ3) is 4.03. The molecule has 0 unspecified atom stereocenters. The lowest BCUT2D eigenvalue weighted by Gasteiger charge is -2.17. The van der Waals surface area contributed by atoms with Crippen molar-refractivity contribution in [3.05, 3.63) is 71.7 Å². The van der Waals surface area contributed by atoms with Crippen molar-refractivity contribution in [2.75, 3.05) is 0 Å². The molecule has 6 heteroatoms. The van der Waals surface area contributed by atoms with E-state index in [4.69, 9.17) is 5.11 Å². The maximum atomic E-state index is 13.1. The van der Waals surface area contributed by atoms with Crippen LogP contribution in [0.25, 0.3) is 10.9 Å². The first-order valence-electron chi connectivity index (χ1n) is 7.84. The van der Waals surface area contributed by atoms with Crippen molar-refractivity contribution < 1.29 is 19.1 Å². The first-order chi connectivity index (χ1) is 12.0. The molecule has 3 aromatic rings. The number of carbonyl (C=O) groups excluding carboxylic acids is 1. The molecule has 1 amide bonds. The Morgan fingerprint density at radius 1 is 1.12 bits per heavy atom. The van der Waals surface area contributed by atoms with Crippen molar-refractivity contribution in [2.24, 2.45) is 0 Å². The molecule has 3 N–H and O–H groups in total. The molecule has 0 radical (unpaired) electrons. The minimum Gasteiger partial charge on any atom is -0.481 e. The van der Waals surface area contributed by atoms with Crippen molar-refractivity contribution in [3.63, 3.8) is 0 Å². The first-order valence-corrected chi connectivity index (χ1v) is 7.84. The van der Waals surface area contributed by atoms with Gasteiger partial charge in [-0.2, -0.15) is 0 Å². The maximum absolute atomic E-state index is 13.1. The number of aromatic nitrogens is 1. The third-order valence-electron chi connectivity index (χ3n) is 4.01. The number of carboxylic acids is 1. The van der Waals surface area contributed by atoms with Gasteiger partial charge >= 0.3 is 5.97 Å². The van der Waals surface area contributed by atoms with Gasteiger partial charge in [0.05, 0.1) is 18.9 Å². The normalized spacial score (nSPS) is 12.0. The maximum Gasteiger partial charge on any atom is 0.305 e. The van der Waals surface area contributed by atoms with Gasteiger partial charge in [-0.25, -0.2) is 4.39 Å². The first kappa shape index (κ1) is 16.7. The van der Waals surface area contributed by atoms with Crippen LogP contribution in [-0.4, -0.2) is 22.0 Å². The van der Waals surface area contributed by atoms with Gasteiger partial charge in [-0.15, -0.1) is 0 Å². The molecule has 0 aliphatic rings. The number of amides is 1. The van der Waals surface area contributed by atoms with Crippen LogP contribution >= 0.6 is 0 Å². The van der Waals surface area contributed by atoms with Crippen molar-refractivity contribution in [3.8, 4) is 0 Å². The van der Waals surface area contributed by atoms with Crippen LogP contribution in [0.2, 0.25) is 0 Å². The summed E-state index contributed by atoms with van der Waals surface area (Å²) in [7, 11) is 0. The van der Waals surface area contributed by atoms with Crippen molar-refractivity contribution in [2.45, 2.75) is 18.9 Å². The molecule has 1 aromatic heterocycles. The van der Waals surface area contributed by atoms with Crippen molar-refractivity contribution in [1.82, 2.24) is 10.3 Å². The number of benzene rings is 2. The van der Waals surface area contributed by atoms with Crippen molar-refractivity contribution >= 4 is 22.8 Å². The molecule has 25 heavy (non-hydrogen) atoms. The summed E-state index contributed by atoms with van der Waals surface area (Å²) in [5, 5.41) is 12.8. The van der Waals surface area contributed by atoms with Crippen molar-refractivity contribution in [1.29, 1.82) is 0 Å². The molecule has 0 aliphatic heterocycles. The van der Waals surface area contributed by atoms with E-state index in [1.807, 2.05) is 24.3 Å². The zero-order chi connectivity index (χ0) is 17.8. The molecule has 1 heterocycles. The molecule has 128 valence electrons. The number of aromatic amines is 1. The SMILES string of the molecule is O=C(O)C[C@H](NC(=O)Cc1c[nH]c2ccccc12)c1ccc(F)cc1. The minimum atomic E-state index is -1.04. The summed E-state index contributed by atoms with van der Waals surface area (Å²) in [5.41, 5.74) is 2.32. The Kier molecular flexibility index (Phi) is 4.79. The highest BCUT2D eigenvalue weighted by Crippen LogP contribution is 2.20. The Labute approximate surface area is 143 Å².